The fourth-order valence-electron chi connectivity index (χ4n) is 2.40. The minimum atomic E-state index is -0.262. The highest BCUT2D eigenvalue weighted by Gasteiger charge is 2.17. The molecule has 2 N–H and O–H groups in total. The van der Waals surface area contributed by atoms with Crippen molar-refractivity contribution >= 4 is 34.8 Å². The van der Waals surface area contributed by atoms with Crippen molar-refractivity contribution in [2.75, 3.05) is 5.32 Å². The number of nitrogens with one attached hydrogen (secondary N) is 2. The van der Waals surface area contributed by atoms with Gasteiger partial charge in [-0.05, 0) is 24.6 Å². The van der Waals surface area contributed by atoms with Crippen molar-refractivity contribution in [1.82, 2.24) is 10.2 Å². The van der Waals surface area contributed by atoms with E-state index in [0.29, 0.717) is 27.0 Å². The van der Waals surface area contributed by atoms with Crippen molar-refractivity contribution in [3.05, 3.63) is 69.8 Å². The van der Waals surface area contributed by atoms with E-state index in [0.717, 1.165) is 17.7 Å². The molecule has 0 aliphatic rings. The maximum Gasteiger partial charge on any atom is 0.255 e. The van der Waals surface area contributed by atoms with Crippen LogP contribution in [-0.2, 0) is 6.42 Å². The van der Waals surface area contributed by atoms with Crippen LogP contribution in [0.4, 0.5) is 5.69 Å². The molecule has 0 saturated carbocycles. The van der Waals surface area contributed by atoms with Crippen LogP contribution in [0.25, 0.3) is 11.3 Å². The van der Waals surface area contributed by atoms with Crippen molar-refractivity contribution in [2.24, 2.45) is 0 Å². The van der Waals surface area contributed by atoms with E-state index < -0.39 is 0 Å². The van der Waals surface area contributed by atoms with Crippen molar-refractivity contribution in [1.29, 1.82) is 0 Å². The zero-order chi connectivity index (χ0) is 17.1. The smallest absolute Gasteiger partial charge is 0.255 e. The average molecular weight is 360 g/mol. The lowest BCUT2D eigenvalue weighted by molar-refractivity contribution is 0.102. The van der Waals surface area contributed by atoms with Gasteiger partial charge < -0.3 is 5.32 Å². The molecule has 3 aromatic rings. The largest absolute Gasteiger partial charge is 0.319 e. The van der Waals surface area contributed by atoms with E-state index in [4.69, 9.17) is 23.2 Å². The van der Waals surface area contributed by atoms with Gasteiger partial charge in [-0.1, -0.05) is 60.5 Å². The summed E-state index contributed by atoms with van der Waals surface area (Å²) in [5, 5.41) is 11.0. The average Bonchev–Trinajstić information content (AvgIpc) is 3.00. The zero-order valence-electron chi connectivity index (χ0n) is 12.9. The molecule has 1 heterocycles. The van der Waals surface area contributed by atoms with E-state index in [2.05, 4.69) is 15.5 Å². The summed E-state index contributed by atoms with van der Waals surface area (Å²) in [4.78, 5) is 12.6. The van der Waals surface area contributed by atoms with E-state index >= 15 is 0 Å². The van der Waals surface area contributed by atoms with E-state index in [9.17, 15) is 4.79 Å². The second-order valence-corrected chi connectivity index (χ2v) is 6.04. The normalized spacial score (nSPS) is 10.6. The van der Waals surface area contributed by atoms with Crippen LogP contribution in [-0.4, -0.2) is 16.1 Å². The second kappa shape index (κ2) is 7.07. The van der Waals surface area contributed by atoms with Crippen molar-refractivity contribution in [3.63, 3.8) is 0 Å². The molecule has 6 heteroatoms. The quantitative estimate of drug-likeness (QED) is 0.672. The molecule has 1 aromatic heterocycles. The summed E-state index contributed by atoms with van der Waals surface area (Å²) in [6, 6.07) is 14.5. The third-order valence-corrected chi connectivity index (χ3v) is 4.40. The van der Waals surface area contributed by atoms with Gasteiger partial charge in [0.1, 0.15) is 5.69 Å². The monoisotopic (exact) mass is 359 g/mol. The lowest BCUT2D eigenvalue weighted by atomic mass is 10.1. The highest BCUT2D eigenvalue weighted by atomic mass is 35.5. The van der Waals surface area contributed by atoms with Crippen LogP contribution in [0.1, 0.15) is 23.0 Å². The first kappa shape index (κ1) is 16.6. The molecule has 122 valence electrons. The Hall–Kier alpha value is -2.30. The molecule has 24 heavy (non-hydrogen) atoms. The fraction of sp³-hybridized carbons (Fsp3) is 0.111. The van der Waals surface area contributed by atoms with Gasteiger partial charge in [0.25, 0.3) is 5.91 Å². The highest BCUT2D eigenvalue weighted by Crippen LogP contribution is 2.30. The molecular weight excluding hydrogens is 345 g/mol. The Balaban J connectivity index is 1.95. The molecule has 0 spiro atoms. The first-order valence-electron chi connectivity index (χ1n) is 7.49. The molecule has 4 nitrogen and oxygen atoms in total. The molecule has 3 rings (SSSR count). The molecule has 0 bridgehead atoms. The summed E-state index contributed by atoms with van der Waals surface area (Å²) in [6.07, 6.45) is 0.719. The minimum absolute atomic E-state index is 0.262. The van der Waals surface area contributed by atoms with E-state index in [1.165, 1.54) is 0 Å². The number of aromatic nitrogens is 2. The molecule has 2 aromatic carbocycles. The Bertz CT molecular complexity index is 875. The third-order valence-electron chi connectivity index (χ3n) is 3.66. The third kappa shape index (κ3) is 3.30. The highest BCUT2D eigenvalue weighted by molar-refractivity contribution is 6.42. The molecule has 0 saturated heterocycles. The number of rotatable bonds is 4. The van der Waals surface area contributed by atoms with Crippen molar-refractivity contribution in [2.45, 2.75) is 13.3 Å². The van der Waals surface area contributed by atoms with E-state index in [1.807, 2.05) is 37.3 Å². The zero-order valence-corrected chi connectivity index (χ0v) is 14.4. The number of hydrogen-bond acceptors (Lipinski definition) is 2. The SMILES string of the molecule is CCc1[nH]nc(-c2ccccc2)c1NC(=O)c1ccc(Cl)c(Cl)c1. The number of carbonyl (C=O) groups excluding carboxylic acids is 1. The number of H-pyrrole nitrogens is 1. The van der Waals surface area contributed by atoms with Crippen LogP contribution in [0.2, 0.25) is 10.0 Å². The van der Waals surface area contributed by atoms with Crippen molar-refractivity contribution in [3.8, 4) is 11.3 Å². The van der Waals surface area contributed by atoms with Crippen molar-refractivity contribution < 1.29 is 4.79 Å². The number of halogens is 2. The molecule has 0 atom stereocenters. The van der Waals surface area contributed by atoms with Crippen LogP contribution in [0, 0.1) is 0 Å². The van der Waals surface area contributed by atoms with Gasteiger partial charge in [0, 0.05) is 11.1 Å². The summed E-state index contributed by atoms with van der Waals surface area (Å²) >= 11 is 11.9. The number of hydrogen-bond donors (Lipinski definition) is 2. The number of benzene rings is 2. The van der Waals surface area contributed by atoms with Crippen LogP contribution in [0.3, 0.4) is 0 Å². The number of aromatic amines is 1. The Kier molecular flexibility index (Phi) is 4.88. The number of amides is 1. The molecule has 0 aliphatic carbocycles. The van der Waals surface area contributed by atoms with Gasteiger partial charge >= 0.3 is 0 Å². The summed E-state index contributed by atoms with van der Waals surface area (Å²) in [7, 11) is 0. The Morgan fingerprint density at radius 1 is 1.12 bits per heavy atom. The van der Waals surface area contributed by atoms with Crippen LogP contribution < -0.4 is 5.32 Å². The van der Waals surface area contributed by atoms with Crippen LogP contribution in [0.5, 0.6) is 0 Å². The number of anilines is 1. The maximum atomic E-state index is 12.6. The summed E-state index contributed by atoms with van der Waals surface area (Å²) in [5.41, 5.74) is 3.62. The molecule has 0 aliphatic heterocycles. The van der Waals surface area contributed by atoms with Gasteiger partial charge in [-0.2, -0.15) is 5.10 Å². The maximum absolute atomic E-state index is 12.6. The summed E-state index contributed by atoms with van der Waals surface area (Å²) in [6.45, 7) is 2.00. The molecular formula is C18H15Cl2N3O. The molecule has 0 radical (unpaired) electrons. The number of aryl methyl sites for hydroxylation is 1. The Morgan fingerprint density at radius 3 is 2.54 bits per heavy atom. The lowest BCUT2D eigenvalue weighted by Gasteiger charge is -2.08. The van der Waals surface area contributed by atoms with E-state index in [-0.39, 0.29) is 5.91 Å². The Morgan fingerprint density at radius 2 is 1.88 bits per heavy atom. The predicted molar refractivity (Wildman–Crippen MR) is 97.8 cm³/mol. The number of nitrogens with zero attached hydrogens (tertiary/aromatic N) is 1. The fourth-order valence-corrected chi connectivity index (χ4v) is 2.69. The second-order valence-electron chi connectivity index (χ2n) is 5.23. The van der Waals surface area contributed by atoms with Crippen LogP contribution in [0.15, 0.2) is 48.5 Å². The number of carbonyl (C=O) groups is 1. The van der Waals surface area contributed by atoms with Gasteiger partial charge in [0.15, 0.2) is 0 Å². The first-order chi connectivity index (χ1) is 11.6. The Labute approximate surface area is 149 Å². The summed E-state index contributed by atoms with van der Waals surface area (Å²) < 4.78 is 0. The molecule has 0 unspecified atom stereocenters. The van der Waals surface area contributed by atoms with Gasteiger partial charge in [-0.25, -0.2) is 0 Å². The predicted octanol–water partition coefficient (Wildman–Crippen LogP) is 5.20. The standard InChI is InChI=1S/C18H15Cl2N3O/c1-2-15-17(16(23-22-15)11-6-4-3-5-7-11)21-18(24)12-8-9-13(19)14(20)10-12/h3-10H,2H2,1H3,(H,21,24)(H,22,23). The van der Waals surface area contributed by atoms with Gasteiger partial charge in [0.2, 0.25) is 0 Å². The first-order valence-corrected chi connectivity index (χ1v) is 8.24. The molecule has 0 fully saturated rings. The minimum Gasteiger partial charge on any atom is -0.319 e. The molecule has 1 amide bonds. The lowest BCUT2D eigenvalue weighted by Crippen LogP contribution is -2.13. The summed E-state index contributed by atoms with van der Waals surface area (Å²) in [5.74, 6) is -0.262. The van der Waals surface area contributed by atoms with E-state index in [1.54, 1.807) is 18.2 Å². The topological polar surface area (TPSA) is 57.8 Å². The van der Waals surface area contributed by atoms with Crippen LogP contribution >= 0.6 is 23.2 Å². The van der Waals surface area contributed by atoms with Gasteiger partial charge in [-0.15, -0.1) is 0 Å². The van der Waals surface area contributed by atoms with Gasteiger partial charge in [-0.3, -0.25) is 9.89 Å². The van der Waals surface area contributed by atoms with Gasteiger partial charge in [0.05, 0.1) is 21.4 Å².